The molecule has 10 heteroatoms. The van der Waals surface area contributed by atoms with Gasteiger partial charge in [-0.3, -0.25) is 9.88 Å². The Morgan fingerprint density at radius 1 is 1.12 bits per heavy atom. The lowest BCUT2D eigenvalue weighted by Gasteiger charge is -2.32. The number of anilines is 2. The molecule has 1 aromatic heterocycles. The average Bonchev–Trinajstić information content (AvgIpc) is 3.22. The molecule has 0 amide bonds. The predicted octanol–water partition coefficient (Wildman–Crippen LogP) is 2.07. The van der Waals surface area contributed by atoms with Gasteiger partial charge >= 0.3 is 5.69 Å². The third-order valence-electron chi connectivity index (χ3n) is 5.73. The molecule has 0 spiro atoms. The minimum atomic E-state index is -0.415. The molecule has 4 rings (SSSR count). The number of rotatable bonds is 6. The zero-order valence-electron chi connectivity index (χ0n) is 20.0. The number of phenols is 1. The monoisotopic (exact) mass is 469 g/mol. The highest BCUT2D eigenvalue weighted by atomic mass is 16.5. The largest absolute Gasteiger partial charge is 0.507 e. The van der Waals surface area contributed by atoms with Crippen LogP contribution in [-0.4, -0.2) is 76.5 Å². The van der Waals surface area contributed by atoms with E-state index in [0.29, 0.717) is 17.1 Å². The second-order valence-corrected chi connectivity index (χ2v) is 8.74. The van der Waals surface area contributed by atoms with E-state index in [9.17, 15) is 9.90 Å². The van der Waals surface area contributed by atoms with E-state index in [2.05, 4.69) is 32.0 Å². The first-order chi connectivity index (χ1) is 16.2. The summed E-state index contributed by atoms with van der Waals surface area (Å²) in [6, 6.07) is 10.8. The van der Waals surface area contributed by atoms with E-state index in [1.165, 1.54) is 6.07 Å². The third kappa shape index (κ3) is 7.00. The van der Waals surface area contributed by atoms with Crippen molar-refractivity contribution < 1.29 is 9.84 Å². The van der Waals surface area contributed by atoms with Gasteiger partial charge in [0, 0.05) is 50.2 Å². The molecule has 7 N–H and O–H groups in total. The molecule has 0 atom stereocenters. The smallest absolute Gasteiger partial charge is 0.340 e. The van der Waals surface area contributed by atoms with Crippen LogP contribution in [-0.2, 0) is 0 Å². The number of aromatic nitrogens is 3. The zero-order chi connectivity index (χ0) is 24.7. The minimum Gasteiger partial charge on any atom is -0.507 e. The number of aromatic amines is 2. The summed E-state index contributed by atoms with van der Waals surface area (Å²) in [5.74, 6) is 1.41. The van der Waals surface area contributed by atoms with Gasteiger partial charge in [-0.15, -0.1) is 0 Å². The maximum Gasteiger partial charge on any atom is 0.340 e. The number of nitrogens with one attached hydrogen (secondary N) is 2. The number of nitrogens with zero attached hydrogens (tertiary/aromatic N) is 3. The fourth-order valence-corrected chi connectivity index (χ4v) is 3.64. The maximum absolute atomic E-state index is 11.0. The van der Waals surface area contributed by atoms with E-state index in [1.54, 1.807) is 6.07 Å². The number of hydrogen-bond donors (Lipinski definition) is 5. The Bertz CT molecular complexity index is 1100. The molecule has 0 bridgehead atoms. The summed E-state index contributed by atoms with van der Waals surface area (Å²) in [6.07, 6.45) is 0. The van der Waals surface area contributed by atoms with Gasteiger partial charge in [-0.05, 0) is 48.9 Å². The van der Waals surface area contributed by atoms with Crippen LogP contribution in [0, 0.1) is 0 Å². The molecule has 184 valence electrons. The Labute approximate surface area is 199 Å². The van der Waals surface area contributed by atoms with E-state index in [4.69, 9.17) is 16.2 Å². The molecule has 1 aliphatic heterocycles. The Morgan fingerprint density at radius 3 is 2.38 bits per heavy atom. The summed E-state index contributed by atoms with van der Waals surface area (Å²) < 4.78 is 5.68. The van der Waals surface area contributed by atoms with E-state index >= 15 is 0 Å². The van der Waals surface area contributed by atoms with Gasteiger partial charge in [-0.25, -0.2) is 9.89 Å². The zero-order valence-corrected chi connectivity index (χ0v) is 20.0. The van der Waals surface area contributed by atoms with Crippen molar-refractivity contribution in [3.05, 3.63) is 52.4 Å². The lowest BCUT2D eigenvalue weighted by molar-refractivity contribution is 0.134. The normalized spacial score (nSPS) is 14.6. The molecule has 1 aliphatic rings. The Hall–Kier alpha value is -3.50. The molecular weight excluding hydrogens is 434 g/mol. The van der Waals surface area contributed by atoms with E-state index < -0.39 is 5.69 Å². The van der Waals surface area contributed by atoms with E-state index in [0.717, 1.165) is 56.3 Å². The van der Waals surface area contributed by atoms with Crippen molar-refractivity contribution in [1.82, 2.24) is 25.0 Å². The van der Waals surface area contributed by atoms with Crippen LogP contribution in [0.25, 0.3) is 11.4 Å². The molecule has 1 fully saturated rings. The minimum absolute atomic E-state index is 0.00495. The van der Waals surface area contributed by atoms with Crippen LogP contribution in [0.5, 0.6) is 11.5 Å². The summed E-state index contributed by atoms with van der Waals surface area (Å²) >= 11 is 0. The van der Waals surface area contributed by atoms with Gasteiger partial charge in [0.25, 0.3) is 0 Å². The molecule has 2 heterocycles. The maximum atomic E-state index is 11.0. The molecule has 34 heavy (non-hydrogen) atoms. The molecule has 3 aromatic rings. The van der Waals surface area contributed by atoms with Crippen molar-refractivity contribution in [3.63, 3.8) is 0 Å². The SMILES string of the molecule is CC(C)c1cc(-c2n[nH]c(=O)[nH]2)c(O)cc1N.CN1CCN(CCOc2ccc(N)cc2)CC1. The van der Waals surface area contributed by atoms with Crippen LogP contribution in [0.3, 0.4) is 0 Å². The van der Waals surface area contributed by atoms with Gasteiger partial charge in [0.2, 0.25) is 0 Å². The van der Waals surface area contributed by atoms with E-state index in [-0.39, 0.29) is 11.7 Å². The van der Waals surface area contributed by atoms with Crippen molar-refractivity contribution >= 4 is 11.4 Å². The Kier molecular flexibility index (Phi) is 8.55. The molecule has 0 saturated carbocycles. The van der Waals surface area contributed by atoms with E-state index in [1.807, 2.05) is 38.1 Å². The van der Waals surface area contributed by atoms with Crippen molar-refractivity contribution in [2.45, 2.75) is 19.8 Å². The summed E-state index contributed by atoms with van der Waals surface area (Å²) in [6.45, 7) is 10.3. The second kappa shape index (κ2) is 11.6. The number of phenolic OH excluding ortho intramolecular Hbond substituents is 1. The quantitative estimate of drug-likeness (QED) is 0.344. The van der Waals surface area contributed by atoms with Crippen LogP contribution >= 0.6 is 0 Å². The fraction of sp³-hybridized carbons (Fsp3) is 0.417. The Morgan fingerprint density at radius 2 is 1.79 bits per heavy atom. The molecule has 10 nitrogen and oxygen atoms in total. The highest BCUT2D eigenvalue weighted by molar-refractivity contribution is 5.70. The van der Waals surface area contributed by atoms with Gasteiger partial charge in [-0.2, -0.15) is 5.10 Å². The second-order valence-electron chi connectivity index (χ2n) is 8.74. The predicted molar refractivity (Wildman–Crippen MR) is 135 cm³/mol. The number of nitrogens with two attached hydrogens (primary N) is 2. The fourth-order valence-electron chi connectivity index (χ4n) is 3.64. The number of hydrogen-bond acceptors (Lipinski definition) is 8. The molecular formula is C24H35N7O3. The average molecular weight is 470 g/mol. The lowest BCUT2D eigenvalue weighted by Crippen LogP contribution is -2.45. The van der Waals surface area contributed by atoms with Gasteiger partial charge in [0.1, 0.15) is 18.1 Å². The molecule has 0 unspecified atom stereocenters. The van der Waals surface area contributed by atoms with Crippen LogP contribution < -0.4 is 21.9 Å². The highest BCUT2D eigenvalue weighted by Crippen LogP contribution is 2.33. The molecule has 0 aliphatic carbocycles. The van der Waals surface area contributed by atoms with Crippen LogP contribution in [0.15, 0.2) is 41.2 Å². The number of H-pyrrole nitrogens is 2. The first-order valence-corrected chi connectivity index (χ1v) is 11.4. The third-order valence-corrected chi connectivity index (χ3v) is 5.73. The summed E-state index contributed by atoms with van der Waals surface area (Å²) in [7, 11) is 2.17. The van der Waals surface area contributed by atoms with Crippen LogP contribution in [0.1, 0.15) is 25.3 Å². The van der Waals surface area contributed by atoms with Gasteiger partial charge in [-0.1, -0.05) is 13.8 Å². The van der Waals surface area contributed by atoms with Crippen molar-refractivity contribution in [1.29, 1.82) is 0 Å². The van der Waals surface area contributed by atoms with Crippen molar-refractivity contribution in [2.24, 2.45) is 0 Å². The van der Waals surface area contributed by atoms with Gasteiger partial charge in [0.05, 0.1) is 5.56 Å². The molecule has 1 saturated heterocycles. The number of likely N-dealkylation sites (N-methyl/N-ethyl adjacent to an activating group) is 1. The number of piperazine rings is 1. The lowest BCUT2D eigenvalue weighted by atomic mass is 9.98. The topological polar surface area (TPSA) is 150 Å². The Balaban J connectivity index is 0.000000191. The number of aromatic hydroxyl groups is 1. The number of ether oxygens (including phenoxy) is 1. The van der Waals surface area contributed by atoms with Crippen LogP contribution in [0.4, 0.5) is 11.4 Å². The first-order valence-electron chi connectivity index (χ1n) is 11.4. The summed E-state index contributed by atoms with van der Waals surface area (Å²) in [5.41, 5.74) is 13.7. The number of nitrogen functional groups attached to an aromatic ring is 2. The standard InChI is InChI=1S/C13H21N3O.C11H14N4O2/c1-15-6-8-16(9-7-15)10-11-17-13-4-2-12(14)3-5-13;1-5(2)6-3-7(9(16)4-8(6)12)10-13-11(17)15-14-10/h2-5H,6-11,14H2,1H3;3-5,16H,12H2,1-2H3,(H2,13,14,15,17). The molecule has 0 radical (unpaired) electrons. The number of benzene rings is 2. The summed E-state index contributed by atoms with van der Waals surface area (Å²) in [5, 5.41) is 15.8. The first kappa shape index (κ1) is 25.1. The van der Waals surface area contributed by atoms with Crippen LogP contribution in [0.2, 0.25) is 0 Å². The molecule has 2 aromatic carbocycles. The van der Waals surface area contributed by atoms with Gasteiger partial charge in [0.15, 0.2) is 5.82 Å². The summed E-state index contributed by atoms with van der Waals surface area (Å²) in [4.78, 5) is 18.3. The van der Waals surface area contributed by atoms with Gasteiger partial charge < -0.3 is 26.2 Å². The highest BCUT2D eigenvalue weighted by Gasteiger charge is 2.14. The van der Waals surface area contributed by atoms with Crippen molar-refractivity contribution in [3.8, 4) is 22.9 Å². The van der Waals surface area contributed by atoms with Crippen molar-refractivity contribution in [2.75, 3.05) is 57.8 Å².